The minimum atomic E-state index is -0.180. The molecule has 20 heavy (non-hydrogen) atoms. The maximum atomic E-state index is 11.9. The van der Waals surface area contributed by atoms with Gasteiger partial charge in [-0.05, 0) is 18.6 Å². The first-order valence-electron chi connectivity index (χ1n) is 5.87. The monoisotopic (exact) mass is 311 g/mol. The average Bonchev–Trinajstić information content (AvgIpc) is 2.93. The van der Waals surface area contributed by atoms with Crippen LogP contribution in [0.4, 0.5) is 10.8 Å². The molecular weight excluding hydrogens is 298 g/mol. The summed E-state index contributed by atoms with van der Waals surface area (Å²) < 4.78 is 5.20. The number of aryl methyl sites for hydroxylation is 1. The number of nitrogens with one attached hydrogen (secondary N) is 2. The van der Waals surface area contributed by atoms with Gasteiger partial charge in [0.25, 0.3) is 0 Å². The van der Waals surface area contributed by atoms with Gasteiger partial charge in [-0.1, -0.05) is 11.6 Å². The molecule has 0 aliphatic rings. The van der Waals surface area contributed by atoms with Gasteiger partial charge in [0.05, 0.1) is 19.3 Å². The molecule has 0 aliphatic heterocycles. The largest absolute Gasteiger partial charge is 0.495 e. The van der Waals surface area contributed by atoms with Crippen LogP contribution in [0, 0.1) is 6.92 Å². The Kier molecular flexibility index (Phi) is 4.81. The number of ether oxygens (including phenoxy) is 1. The highest BCUT2D eigenvalue weighted by Gasteiger charge is 2.10. The number of carbonyl (C=O) groups excluding carboxylic acids is 1. The minimum Gasteiger partial charge on any atom is -0.495 e. The lowest BCUT2D eigenvalue weighted by molar-refractivity contribution is -0.114. The zero-order valence-corrected chi connectivity index (χ0v) is 12.6. The van der Waals surface area contributed by atoms with Crippen LogP contribution in [0.1, 0.15) is 5.56 Å². The molecule has 0 spiro atoms. The second kappa shape index (κ2) is 6.58. The van der Waals surface area contributed by atoms with Crippen LogP contribution in [0.3, 0.4) is 0 Å². The van der Waals surface area contributed by atoms with E-state index in [1.54, 1.807) is 18.3 Å². The molecule has 0 aliphatic carbocycles. The Morgan fingerprint density at radius 1 is 1.50 bits per heavy atom. The molecule has 1 aromatic heterocycles. The van der Waals surface area contributed by atoms with Crippen LogP contribution in [0.2, 0.25) is 5.02 Å². The first-order valence-corrected chi connectivity index (χ1v) is 7.13. The van der Waals surface area contributed by atoms with Gasteiger partial charge < -0.3 is 15.4 Å². The zero-order chi connectivity index (χ0) is 14.5. The van der Waals surface area contributed by atoms with Crippen molar-refractivity contribution in [2.75, 3.05) is 24.3 Å². The molecule has 106 valence electrons. The molecule has 0 saturated heterocycles. The maximum absolute atomic E-state index is 11.9. The van der Waals surface area contributed by atoms with Gasteiger partial charge in [0.2, 0.25) is 5.91 Å². The Hall–Kier alpha value is -1.79. The van der Waals surface area contributed by atoms with Crippen molar-refractivity contribution in [3.8, 4) is 5.75 Å². The molecule has 0 radical (unpaired) electrons. The number of halogens is 1. The third-order valence-electron chi connectivity index (χ3n) is 2.59. The molecule has 1 amide bonds. The number of anilines is 2. The molecule has 0 saturated carbocycles. The van der Waals surface area contributed by atoms with Crippen LogP contribution in [-0.4, -0.2) is 24.5 Å². The summed E-state index contributed by atoms with van der Waals surface area (Å²) in [6, 6.07) is 3.46. The van der Waals surface area contributed by atoms with Crippen LogP contribution in [-0.2, 0) is 4.79 Å². The average molecular weight is 312 g/mol. The minimum absolute atomic E-state index is 0.137. The molecule has 5 nitrogen and oxygen atoms in total. The van der Waals surface area contributed by atoms with E-state index < -0.39 is 0 Å². The Bertz CT molecular complexity index is 602. The van der Waals surface area contributed by atoms with E-state index in [1.807, 2.05) is 12.3 Å². The lowest BCUT2D eigenvalue weighted by Crippen LogP contribution is -2.22. The van der Waals surface area contributed by atoms with Gasteiger partial charge in [0.15, 0.2) is 5.13 Å². The van der Waals surface area contributed by atoms with Crippen molar-refractivity contribution < 1.29 is 9.53 Å². The number of benzene rings is 1. The summed E-state index contributed by atoms with van der Waals surface area (Å²) in [7, 11) is 1.53. The molecule has 2 N–H and O–H groups in total. The Morgan fingerprint density at radius 2 is 2.30 bits per heavy atom. The van der Waals surface area contributed by atoms with E-state index in [2.05, 4.69) is 15.6 Å². The van der Waals surface area contributed by atoms with Gasteiger partial charge in [-0.15, -0.1) is 11.3 Å². The molecule has 1 aromatic carbocycles. The highest BCUT2D eigenvalue weighted by Crippen LogP contribution is 2.30. The van der Waals surface area contributed by atoms with E-state index in [0.29, 0.717) is 21.6 Å². The van der Waals surface area contributed by atoms with Gasteiger partial charge in [0, 0.05) is 22.7 Å². The molecule has 2 rings (SSSR count). The molecule has 0 bridgehead atoms. The van der Waals surface area contributed by atoms with Crippen LogP contribution < -0.4 is 15.4 Å². The Balaban J connectivity index is 2.01. The summed E-state index contributed by atoms with van der Waals surface area (Å²) in [5.74, 6) is 0.350. The lowest BCUT2D eigenvalue weighted by atomic mass is 10.2. The summed E-state index contributed by atoms with van der Waals surface area (Å²) in [5, 5.41) is 8.87. The molecule has 7 heteroatoms. The lowest BCUT2D eigenvalue weighted by Gasteiger charge is -2.12. The first-order chi connectivity index (χ1) is 9.60. The predicted octanol–water partition coefficient (Wildman–Crippen LogP) is 3.16. The van der Waals surface area contributed by atoms with Gasteiger partial charge in [-0.25, -0.2) is 4.98 Å². The fourth-order valence-corrected chi connectivity index (χ4v) is 2.27. The highest BCUT2D eigenvalue weighted by molar-refractivity contribution is 7.13. The van der Waals surface area contributed by atoms with E-state index in [-0.39, 0.29) is 12.5 Å². The third-order valence-corrected chi connectivity index (χ3v) is 3.73. The molecule has 1 heterocycles. The van der Waals surface area contributed by atoms with Crippen molar-refractivity contribution in [1.29, 1.82) is 0 Å². The fourth-order valence-electron chi connectivity index (χ4n) is 1.59. The van der Waals surface area contributed by atoms with Gasteiger partial charge in [-0.2, -0.15) is 0 Å². The van der Waals surface area contributed by atoms with Crippen molar-refractivity contribution >= 4 is 39.7 Å². The maximum Gasteiger partial charge on any atom is 0.243 e. The summed E-state index contributed by atoms with van der Waals surface area (Å²) in [5.41, 5.74) is 1.47. The van der Waals surface area contributed by atoms with Crippen LogP contribution in [0.15, 0.2) is 23.7 Å². The Labute approximate surface area is 125 Å². The van der Waals surface area contributed by atoms with E-state index in [4.69, 9.17) is 16.3 Å². The van der Waals surface area contributed by atoms with Crippen LogP contribution >= 0.6 is 22.9 Å². The molecule has 0 unspecified atom stereocenters. The molecular formula is C13H14ClN3O2S. The quantitative estimate of drug-likeness (QED) is 0.890. The van der Waals surface area contributed by atoms with E-state index in [1.165, 1.54) is 18.4 Å². The third kappa shape index (κ3) is 3.61. The number of methoxy groups -OCH3 is 1. The number of aromatic nitrogens is 1. The van der Waals surface area contributed by atoms with Crippen molar-refractivity contribution in [2.24, 2.45) is 0 Å². The molecule has 0 atom stereocenters. The van der Waals surface area contributed by atoms with Crippen molar-refractivity contribution in [3.63, 3.8) is 0 Å². The second-order valence-corrected chi connectivity index (χ2v) is 5.34. The standard InChI is InChI=1S/C13H14ClN3O2S/c1-8-5-10(11(19-2)6-9(8)14)17-12(18)7-16-13-15-3-4-20-13/h3-6H,7H2,1-2H3,(H,15,16)(H,17,18). The van der Waals surface area contributed by atoms with Crippen molar-refractivity contribution in [2.45, 2.75) is 6.92 Å². The van der Waals surface area contributed by atoms with Crippen LogP contribution in [0.25, 0.3) is 0 Å². The number of hydrogen-bond acceptors (Lipinski definition) is 5. The van der Waals surface area contributed by atoms with E-state index >= 15 is 0 Å². The van der Waals surface area contributed by atoms with Gasteiger partial charge in [0.1, 0.15) is 5.75 Å². The van der Waals surface area contributed by atoms with E-state index in [0.717, 1.165) is 5.56 Å². The number of hydrogen-bond donors (Lipinski definition) is 2. The second-order valence-electron chi connectivity index (χ2n) is 4.04. The number of carbonyl (C=O) groups is 1. The summed E-state index contributed by atoms with van der Waals surface area (Å²) >= 11 is 7.46. The van der Waals surface area contributed by atoms with Gasteiger partial charge in [-0.3, -0.25) is 4.79 Å². The summed E-state index contributed by atoms with van der Waals surface area (Å²) in [6.07, 6.45) is 1.68. The highest BCUT2D eigenvalue weighted by atomic mass is 35.5. The fraction of sp³-hybridized carbons (Fsp3) is 0.231. The summed E-state index contributed by atoms with van der Waals surface area (Å²) in [4.78, 5) is 15.9. The first kappa shape index (κ1) is 14.6. The van der Waals surface area contributed by atoms with Crippen LogP contribution in [0.5, 0.6) is 5.75 Å². The molecule has 2 aromatic rings. The SMILES string of the molecule is COc1cc(Cl)c(C)cc1NC(=O)CNc1nccs1. The molecule has 0 fully saturated rings. The number of nitrogens with zero attached hydrogens (tertiary/aromatic N) is 1. The van der Waals surface area contributed by atoms with Gasteiger partial charge >= 0.3 is 0 Å². The number of rotatable bonds is 5. The number of amides is 1. The summed E-state index contributed by atoms with van der Waals surface area (Å²) in [6.45, 7) is 2.00. The normalized spacial score (nSPS) is 10.2. The topological polar surface area (TPSA) is 63.2 Å². The Morgan fingerprint density at radius 3 is 2.95 bits per heavy atom. The number of thiazole rings is 1. The predicted molar refractivity (Wildman–Crippen MR) is 82.0 cm³/mol. The van der Waals surface area contributed by atoms with Crippen molar-refractivity contribution in [3.05, 3.63) is 34.3 Å². The zero-order valence-electron chi connectivity index (χ0n) is 11.1. The van der Waals surface area contributed by atoms with Crippen molar-refractivity contribution in [1.82, 2.24) is 4.98 Å². The van der Waals surface area contributed by atoms with E-state index in [9.17, 15) is 4.79 Å². The smallest absolute Gasteiger partial charge is 0.243 e.